The molecule has 2 rings (SSSR count). The van der Waals surface area contributed by atoms with E-state index < -0.39 is 0 Å². The Labute approximate surface area is 76.1 Å². The molecule has 1 nitrogen and oxygen atoms in total. The summed E-state index contributed by atoms with van der Waals surface area (Å²) in [5.41, 5.74) is 0. The molecule has 0 N–H and O–H groups in total. The Morgan fingerprint density at radius 3 is 2.33 bits per heavy atom. The molecule has 70 valence electrons. The lowest BCUT2D eigenvalue weighted by Crippen LogP contribution is -2.34. The van der Waals surface area contributed by atoms with Gasteiger partial charge in [0.2, 0.25) is 0 Å². The van der Waals surface area contributed by atoms with E-state index in [2.05, 4.69) is 11.8 Å². The molecule has 1 heterocycles. The van der Waals surface area contributed by atoms with Gasteiger partial charge >= 0.3 is 0 Å². The molecule has 0 bridgehead atoms. The first kappa shape index (κ1) is 8.55. The Morgan fingerprint density at radius 2 is 1.75 bits per heavy atom. The van der Waals surface area contributed by atoms with Crippen molar-refractivity contribution in [3.63, 3.8) is 0 Å². The maximum atomic E-state index is 2.74. The van der Waals surface area contributed by atoms with Crippen LogP contribution >= 0.6 is 0 Å². The summed E-state index contributed by atoms with van der Waals surface area (Å²) < 4.78 is 0. The third-order valence-corrected chi connectivity index (χ3v) is 3.55. The molecule has 0 radical (unpaired) electrons. The number of hydrogen-bond acceptors (Lipinski definition) is 1. The zero-order chi connectivity index (χ0) is 8.39. The van der Waals surface area contributed by atoms with E-state index in [0.29, 0.717) is 0 Å². The molecule has 1 saturated carbocycles. The van der Waals surface area contributed by atoms with Gasteiger partial charge in [0.05, 0.1) is 0 Å². The molecule has 0 unspecified atom stereocenters. The highest BCUT2D eigenvalue weighted by Gasteiger charge is 2.26. The van der Waals surface area contributed by atoms with Gasteiger partial charge in [0.1, 0.15) is 0 Å². The Hall–Kier alpha value is -0.0400. The predicted octanol–water partition coefficient (Wildman–Crippen LogP) is 2.66. The fourth-order valence-electron chi connectivity index (χ4n) is 2.75. The lowest BCUT2D eigenvalue weighted by atomic mass is 9.94. The molecule has 0 amide bonds. The van der Waals surface area contributed by atoms with Gasteiger partial charge in [0, 0.05) is 12.6 Å². The van der Waals surface area contributed by atoms with Gasteiger partial charge in [-0.1, -0.05) is 26.2 Å². The summed E-state index contributed by atoms with van der Waals surface area (Å²) in [5, 5.41) is 0. The van der Waals surface area contributed by atoms with Gasteiger partial charge in [-0.15, -0.1) is 0 Å². The van der Waals surface area contributed by atoms with Crippen LogP contribution in [0.5, 0.6) is 0 Å². The maximum Gasteiger partial charge on any atom is 0.00953 e. The Balaban J connectivity index is 1.83. The average molecular weight is 167 g/mol. The molecule has 12 heavy (non-hydrogen) atoms. The van der Waals surface area contributed by atoms with Crippen LogP contribution in [0.25, 0.3) is 0 Å². The van der Waals surface area contributed by atoms with Crippen LogP contribution in [0.3, 0.4) is 0 Å². The summed E-state index contributed by atoms with van der Waals surface area (Å²) in [6.45, 7) is 5.15. The van der Waals surface area contributed by atoms with Crippen molar-refractivity contribution in [2.75, 3.05) is 13.1 Å². The monoisotopic (exact) mass is 167 g/mol. The SMILES string of the molecule is C[C@H]1CCN(C2CCCCC2)C1. The van der Waals surface area contributed by atoms with E-state index in [0.717, 1.165) is 12.0 Å². The van der Waals surface area contributed by atoms with E-state index in [-0.39, 0.29) is 0 Å². The van der Waals surface area contributed by atoms with Crippen LogP contribution in [0, 0.1) is 5.92 Å². The molecule has 0 aromatic heterocycles. The number of rotatable bonds is 1. The van der Waals surface area contributed by atoms with Crippen LogP contribution in [0.4, 0.5) is 0 Å². The van der Waals surface area contributed by atoms with Crippen molar-refractivity contribution in [2.45, 2.75) is 51.5 Å². The van der Waals surface area contributed by atoms with Gasteiger partial charge in [-0.2, -0.15) is 0 Å². The quantitative estimate of drug-likeness (QED) is 0.580. The minimum Gasteiger partial charge on any atom is -0.300 e. The van der Waals surface area contributed by atoms with Crippen molar-refractivity contribution >= 4 is 0 Å². The molecule has 1 saturated heterocycles. The van der Waals surface area contributed by atoms with Crippen LogP contribution in [-0.4, -0.2) is 24.0 Å². The first-order valence-corrected chi connectivity index (χ1v) is 5.60. The smallest absolute Gasteiger partial charge is 0.00953 e. The first-order valence-electron chi connectivity index (χ1n) is 5.60. The van der Waals surface area contributed by atoms with Crippen molar-refractivity contribution < 1.29 is 0 Å². The highest BCUT2D eigenvalue weighted by Crippen LogP contribution is 2.27. The summed E-state index contributed by atoms with van der Waals surface area (Å²) in [6.07, 6.45) is 8.85. The van der Waals surface area contributed by atoms with Gasteiger partial charge in [0.25, 0.3) is 0 Å². The van der Waals surface area contributed by atoms with E-state index in [4.69, 9.17) is 0 Å². The van der Waals surface area contributed by atoms with Gasteiger partial charge in [-0.25, -0.2) is 0 Å². The van der Waals surface area contributed by atoms with Crippen molar-refractivity contribution in [3.05, 3.63) is 0 Å². The van der Waals surface area contributed by atoms with E-state index >= 15 is 0 Å². The van der Waals surface area contributed by atoms with E-state index in [1.165, 1.54) is 51.6 Å². The molecule has 1 heteroatoms. The molecular formula is C11H21N. The summed E-state index contributed by atoms with van der Waals surface area (Å²) >= 11 is 0. The van der Waals surface area contributed by atoms with Crippen LogP contribution in [-0.2, 0) is 0 Å². The molecule has 1 aliphatic carbocycles. The van der Waals surface area contributed by atoms with Crippen LogP contribution in [0.2, 0.25) is 0 Å². The third kappa shape index (κ3) is 1.82. The molecule has 1 atom stereocenters. The van der Waals surface area contributed by atoms with Gasteiger partial charge in [-0.3, -0.25) is 0 Å². The Kier molecular flexibility index (Phi) is 2.69. The number of nitrogens with zero attached hydrogens (tertiary/aromatic N) is 1. The van der Waals surface area contributed by atoms with Crippen LogP contribution in [0.15, 0.2) is 0 Å². The van der Waals surface area contributed by atoms with E-state index in [9.17, 15) is 0 Å². The zero-order valence-corrected chi connectivity index (χ0v) is 8.26. The average Bonchev–Trinajstić information content (AvgIpc) is 2.54. The Bertz CT molecular complexity index is 135. The topological polar surface area (TPSA) is 3.24 Å². The lowest BCUT2D eigenvalue weighted by Gasteiger charge is -2.30. The summed E-state index contributed by atoms with van der Waals surface area (Å²) in [4.78, 5) is 2.74. The van der Waals surface area contributed by atoms with E-state index in [1.54, 1.807) is 0 Å². The van der Waals surface area contributed by atoms with Crippen molar-refractivity contribution in [1.82, 2.24) is 4.90 Å². The van der Waals surface area contributed by atoms with Crippen LogP contribution < -0.4 is 0 Å². The normalized spacial score (nSPS) is 34.2. The van der Waals surface area contributed by atoms with Crippen LogP contribution in [0.1, 0.15) is 45.4 Å². The van der Waals surface area contributed by atoms with Gasteiger partial charge in [-0.05, 0) is 31.7 Å². The summed E-state index contributed by atoms with van der Waals surface area (Å²) in [7, 11) is 0. The fraction of sp³-hybridized carbons (Fsp3) is 1.00. The standard InChI is InChI=1S/C11H21N/c1-10-7-8-12(9-10)11-5-3-2-4-6-11/h10-11H,2-9H2,1H3/t10-/m0/s1. The molecule has 2 fully saturated rings. The van der Waals surface area contributed by atoms with Gasteiger partial charge < -0.3 is 4.90 Å². The first-order chi connectivity index (χ1) is 5.86. The molecule has 0 spiro atoms. The highest BCUT2D eigenvalue weighted by molar-refractivity contribution is 4.81. The van der Waals surface area contributed by atoms with Crippen molar-refractivity contribution in [1.29, 1.82) is 0 Å². The minimum atomic E-state index is 0.962. The molecule has 0 aromatic rings. The second kappa shape index (κ2) is 3.78. The van der Waals surface area contributed by atoms with Gasteiger partial charge in [0.15, 0.2) is 0 Å². The van der Waals surface area contributed by atoms with E-state index in [1.807, 2.05) is 0 Å². The number of likely N-dealkylation sites (tertiary alicyclic amines) is 1. The maximum absolute atomic E-state index is 2.74. The molecular weight excluding hydrogens is 146 g/mol. The molecule has 1 aliphatic heterocycles. The van der Waals surface area contributed by atoms with Crippen molar-refractivity contribution in [2.24, 2.45) is 5.92 Å². The predicted molar refractivity (Wildman–Crippen MR) is 52.2 cm³/mol. The molecule has 2 aliphatic rings. The summed E-state index contributed by atoms with van der Waals surface area (Å²) in [6, 6.07) is 0.962. The Morgan fingerprint density at radius 1 is 1.00 bits per heavy atom. The number of hydrogen-bond donors (Lipinski definition) is 0. The second-order valence-corrected chi connectivity index (χ2v) is 4.68. The lowest BCUT2D eigenvalue weighted by molar-refractivity contribution is 0.186. The molecule has 0 aromatic carbocycles. The second-order valence-electron chi connectivity index (χ2n) is 4.68. The minimum absolute atomic E-state index is 0.962. The highest BCUT2D eigenvalue weighted by atomic mass is 15.2. The fourth-order valence-corrected chi connectivity index (χ4v) is 2.75. The zero-order valence-electron chi connectivity index (χ0n) is 8.26. The summed E-state index contributed by atoms with van der Waals surface area (Å²) in [5.74, 6) is 0.965. The third-order valence-electron chi connectivity index (χ3n) is 3.55. The van der Waals surface area contributed by atoms with Crippen molar-refractivity contribution in [3.8, 4) is 0 Å². The largest absolute Gasteiger partial charge is 0.300 e.